The van der Waals surface area contributed by atoms with Crippen molar-refractivity contribution in [3.63, 3.8) is 0 Å². The predicted molar refractivity (Wildman–Crippen MR) is 101 cm³/mol. The Morgan fingerprint density at radius 3 is 2.07 bits per heavy atom. The van der Waals surface area contributed by atoms with Gasteiger partial charge in [-0.05, 0) is 32.1 Å². The fourth-order valence-electron chi connectivity index (χ4n) is 3.87. The molecule has 0 radical (unpaired) electrons. The number of amides is 3. The molecule has 2 saturated heterocycles. The lowest BCUT2D eigenvalue weighted by atomic mass is 10.1. The van der Waals surface area contributed by atoms with E-state index in [1.807, 2.05) is 0 Å². The van der Waals surface area contributed by atoms with Gasteiger partial charge in [-0.2, -0.15) is 0 Å². The van der Waals surface area contributed by atoms with E-state index in [-0.39, 0.29) is 25.9 Å². The summed E-state index contributed by atoms with van der Waals surface area (Å²) in [7, 11) is 0. The molecule has 0 spiro atoms. The van der Waals surface area contributed by atoms with Gasteiger partial charge in [0.15, 0.2) is 0 Å². The van der Waals surface area contributed by atoms with Gasteiger partial charge in [-0.15, -0.1) is 0 Å². The summed E-state index contributed by atoms with van der Waals surface area (Å²) in [5, 5.41) is 29.9. The number of aliphatic hydroxyl groups excluding tert-OH is 1. The number of rotatable bonds is 9. The number of aliphatic hydroxyl groups is 1. The predicted octanol–water partition coefficient (Wildman–Crippen LogP) is -2.28. The van der Waals surface area contributed by atoms with Crippen molar-refractivity contribution < 1.29 is 39.3 Å². The number of likely N-dealkylation sites (tertiary alicyclic amines) is 2. The molecule has 0 bridgehead atoms. The van der Waals surface area contributed by atoms with Crippen molar-refractivity contribution in [3.8, 4) is 0 Å². The molecule has 2 fully saturated rings. The maximum atomic E-state index is 12.9. The second-order valence-electron chi connectivity index (χ2n) is 7.50. The van der Waals surface area contributed by atoms with Crippen LogP contribution in [0.1, 0.15) is 38.5 Å². The Labute approximate surface area is 173 Å². The van der Waals surface area contributed by atoms with Crippen LogP contribution in [0.2, 0.25) is 0 Å². The number of carboxylic acids is 2. The molecule has 3 amide bonds. The quantitative estimate of drug-likeness (QED) is 0.269. The van der Waals surface area contributed by atoms with Gasteiger partial charge in [-0.3, -0.25) is 19.2 Å². The zero-order valence-electron chi connectivity index (χ0n) is 16.5. The number of hydrogen-bond acceptors (Lipinski definition) is 7. The van der Waals surface area contributed by atoms with Crippen LogP contribution in [0.5, 0.6) is 0 Å². The highest BCUT2D eigenvalue weighted by atomic mass is 16.4. The van der Waals surface area contributed by atoms with Crippen LogP contribution >= 0.6 is 0 Å². The molecular formula is C18H28N4O8. The Morgan fingerprint density at radius 1 is 0.967 bits per heavy atom. The summed E-state index contributed by atoms with van der Waals surface area (Å²) in [4.78, 5) is 62.8. The van der Waals surface area contributed by atoms with E-state index in [9.17, 15) is 29.1 Å². The molecule has 0 aromatic heterocycles. The highest BCUT2D eigenvalue weighted by Gasteiger charge is 2.40. The molecule has 12 heteroatoms. The highest BCUT2D eigenvalue weighted by molar-refractivity contribution is 5.94. The monoisotopic (exact) mass is 428 g/mol. The van der Waals surface area contributed by atoms with Crippen LogP contribution in [0.25, 0.3) is 0 Å². The lowest BCUT2D eigenvalue weighted by molar-refractivity contribution is -0.150. The highest BCUT2D eigenvalue weighted by Crippen LogP contribution is 2.21. The van der Waals surface area contributed by atoms with Gasteiger partial charge in [0.2, 0.25) is 17.7 Å². The summed E-state index contributed by atoms with van der Waals surface area (Å²) >= 11 is 0. The summed E-state index contributed by atoms with van der Waals surface area (Å²) in [6.45, 7) is -0.102. The van der Waals surface area contributed by atoms with Crippen LogP contribution in [-0.4, -0.2) is 98.6 Å². The molecule has 0 aromatic rings. The van der Waals surface area contributed by atoms with Gasteiger partial charge in [0.05, 0.1) is 6.61 Å². The average Bonchev–Trinajstić information content (AvgIpc) is 3.38. The number of nitrogens with one attached hydrogen (secondary N) is 1. The summed E-state index contributed by atoms with van der Waals surface area (Å²) in [6.07, 6.45) is 1.03. The number of aliphatic carboxylic acids is 2. The first-order valence-corrected chi connectivity index (χ1v) is 9.89. The maximum absolute atomic E-state index is 12.9. The molecule has 2 aliphatic heterocycles. The number of carboxylic acid groups (broad SMARTS) is 2. The molecule has 0 saturated carbocycles. The number of hydrogen-bond donors (Lipinski definition) is 5. The topological polar surface area (TPSA) is 191 Å². The number of nitrogens with zero attached hydrogens (tertiary/aromatic N) is 2. The third kappa shape index (κ3) is 5.45. The summed E-state index contributed by atoms with van der Waals surface area (Å²) in [5.74, 6) is -4.20. The van der Waals surface area contributed by atoms with Gasteiger partial charge in [-0.1, -0.05) is 0 Å². The first-order valence-electron chi connectivity index (χ1n) is 9.89. The first kappa shape index (κ1) is 23.5. The summed E-state index contributed by atoms with van der Waals surface area (Å²) < 4.78 is 0. The van der Waals surface area contributed by atoms with E-state index in [0.717, 1.165) is 4.90 Å². The number of carbonyl (C=O) groups is 5. The Kier molecular flexibility index (Phi) is 8.12. The lowest BCUT2D eigenvalue weighted by Crippen LogP contribution is -2.57. The van der Waals surface area contributed by atoms with E-state index in [1.54, 1.807) is 0 Å². The molecule has 168 valence electrons. The molecule has 4 atom stereocenters. The third-order valence-electron chi connectivity index (χ3n) is 5.43. The Hall–Kier alpha value is -2.73. The minimum absolute atomic E-state index is 0.203. The second kappa shape index (κ2) is 10.3. The van der Waals surface area contributed by atoms with Crippen LogP contribution in [-0.2, 0) is 24.0 Å². The van der Waals surface area contributed by atoms with Crippen LogP contribution in [0.15, 0.2) is 0 Å². The largest absolute Gasteiger partial charge is 0.481 e. The van der Waals surface area contributed by atoms with Crippen LogP contribution in [0.4, 0.5) is 0 Å². The fourth-order valence-corrected chi connectivity index (χ4v) is 3.87. The molecule has 2 heterocycles. The van der Waals surface area contributed by atoms with Crippen molar-refractivity contribution >= 4 is 29.7 Å². The van der Waals surface area contributed by atoms with Crippen molar-refractivity contribution in [2.24, 2.45) is 5.73 Å². The normalized spacial score (nSPS) is 23.1. The SMILES string of the molecule is NC(CO)C(=O)N1CCCC1C(=O)NC(CCC(=O)O)C(=O)N1CCCC1C(=O)O. The van der Waals surface area contributed by atoms with E-state index in [1.165, 1.54) is 4.90 Å². The van der Waals surface area contributed by atoms with Crippen molar-refractivity contribution in [2.75, 3.05) is 19.7 Å². The molecule has 0 aromatic carbocycles. The standard InChI is InChI=1S/C18H28N4O8/c19-10(9-23)16(27)21-7-1-3-12(21)15(26)20-11(5-6-14(24)25)17(28)22-8-2-4-13(22)18(29)30/h10-13,23H,1-9,19H2,(H,20,26)(H,24,25)(H,29,30). The van der Waals surface area contributed by atoms with Gasteiger partial charge >= 0.3 is 11.9 Å². The van der Waals surface area contributed by atoms with E-state index >= 15 is 0 Å². The zero-order chi connectivity index (χ0) is 22.4. The fraction of sp³-hybridized carbons (Fsp3) is 0.722. The van der Waals surface area contributed by atoms with E-state index in [2.05, 4.69) is 5.32 Å². The van der Waals surface area contributed by atoms with E-state index in [4.69, 9.17) is 15.9 Å². The zero-order valence-corrected chi connectivity index (χ0v) is 16.5. The molecular weight excluding hydrogens is 400 g/mol. The Bertz CT molecular complexity index is 700. The molecule has 6 N–H and O–H groups in total. The van der Waals surface area contributed by atoms with E-state index < -0.39 is 66.9 Å². The third-order valence-corrected chi connectivity index (χ3v) is 5.43. The van der Waals surface area contributed by atoms with Crippen molar-refractivity contribution in [1.29, 1.82) is 0 Å². The van der Waals surface area contributed by atoms with Gasteiger partial charge in [0.1, 0.15) is 24.2 Å². The Morgan fingerprint density at radius 2 is 1.53 bits per heavy atom. The first-order chi connectivity index (χ1) is 14.2. The number of nitrogens with two attached hydrogens (primary N) is 1. The molecule has 0 aliphatic carbocycles. The van der Waals surface area contributed by atoms with Crippen molar-refractivity contribution in [3.05, 3.63) is 0 Å². The van der Waals surface area contributed by atoms with E-state index in [0.29, 0.717) is 19.3 Å². The average molecular weight is 428 g/mol. The lowest BCUT2D eigenvalue weighted by Gasteiger charge is -2.30. The van der Waals surface area contributed by atoms with Gasteiger partial charge in [0.25, 0.3) is 0 Å². The maximum Gasteiger partial charge on any atom is 0.326 e. The van der Waals surface area contributed by atoms with Gasteiger partial charge < -0.3 is 36.2 Å². The summed E-state index contributed by atoms with van der Waals surface area (Å²) in [5.41, 5.74) is 5.56. The van der Waals surface area contributed by atoms with Gasteiger partial charge in [0, 0.05) is 19.5 Å². The molecule has 2 aliphatic rings. The van der Waals surface area contributed by atoms with Crippen molar-refractivity contribution in [1.82, 2.24) is 15.1 Å². The number of carbonyl (C=O) groups excluding carboxylic acids is 3. The van der Waals surface area contributed by atoms with Crippen molar-refractivity contribution in [2.45, 2.75) is 62.7 Å². The summed E-state index contributed by atoms with van der Waals surface area (Å²) in [6, 6.07) is -4.31. The second-order valence-corrected chi connectivity index (χ2v) is 7.50. The minimum atomic E-state index is -1.22. The molecule has 2 rings (SSSR count). The molecule has 30 heavy (non-hydrogen) atoms. The molecule has 12 nitrogen and oxygen atoms in total. The van der Waals surface area contributed by atoms with Crippen LogP contribution in [0, 0.1) is 0 Å². The molecule has 4 unspecified atom stereocenters. The minimum Gasteiger partial charge on any atom is -0.481 e. The van der Waals surface area contributed by atoms with Gasteiger partial charge in [-0.25, -0.2) is 4.79 Å². The Balaban J connectivity index is 2.14. The van der Waals surface area contributed by atoms with Crippen LogP contribution in [0.3, 0.4) is 0 Å². The van der Waals surface area contributed by atoms with Crippen LogP contribution < -0.4 is 11.1 Å². The smallest absolute Gasteiger partial charge is 0.326 e.